The fourth-order valence-electron chi connectivity index (χ4n) is 2.76. The number of carbonyl (C=O) groups is 1. The van der Waals surface area contributed by atoms with Crippen molar-refractivity contribution in [1.82, 2.24) is 0 Å². The van der Waals surface area contributed by atoms with E-state index < -0.39 is 5.97 Å². The molecule has 1 unspecified atom stereocenters. The third-order valence-electron chi connectivity index (χ3n) is 3.76. The number of piperidine rings is 1. The fraction of sp³-hybridized carbons (Fsp3) is 0.500. The second-order valence-corrected chi connectivity index (χ2v) is 6.52. The highest BCUT2D eigenvalue weighted by atomic mass is 127. The van der Waals surface area contributed by atoms with Gasteiger partial charge >= 0.3 is 5.97 Å². The van der Waals surface area contributed by atoms with Gasteiger partial charge in [0, 0.05) is 29.1 Å². The lowest BCUT2D eigenvalue weighted by Gasteiger charge is -2.34. The SMILES string of the molecule is O=C(O)CCC1CCCN(c2ccc(I)cc2[N+](=O)[O-])C1. The molecule has 114 valence electrons. The van der Waals surface area contributed by atoms with E-state index in [0.29, 0.717) is 18.7 Å². The van der Waals surface area contributed by atoms with Gasteiger partial charge < -0.3 is 10.0 Å². The monoisotopic (exact) mass is 404 g/mol. The van der Waals surface area contributed by atoms with Crippen LogP contribution in [0.25, 0.3) is 0 Å². The molecular formula is C14H17IN2O4. The molecule has 1 fully saturated rings. The van der Waals surface area contributed by atoms with E-state index in [2.05, 4.69) is 22.6 Å². The van der Waals surface area contributed by atoms with Crippen molar-refractivity contribution in [2.45, 2.75) is 25.7 Å². The van der Waals surface area contributed by atoms with Gasteiger partial charge in [0.05, 0.1) is 4.92 Å². The van der Waals surface area contributed by atoms with Crippen LogP contribution in [0, 0.1) is 19.6 Å². The van der Waals surface area contributed by atoms with Crippen molar-refractivity contribution in [3.63, 3.8) is 0 Å². The lowest BCUT2D eigenvalue weighted by Crippen LogP contribution is -2.36. The van der Waals surface area contributed by atoms with Crippen LogP contribution in [0.15, 0.2) is 18.2 Å². The summed E-state index contributed by atoms with van der Waals surface area (Å²) in [6, 6.07) is 5.24. The number of anilines is 1. The molecular weight excluding hydrogens is 387 g/mol. The molecule has 0 aliphatic carbocycles. The fourth-order valence-corrected chi connectivity index (χ4v) is 3.23. The normalized spacial score (nSPS) is 18.5. The Hall–Kier alpha value is -1.38. The van der Waals surface area contributed by atoms with Crippen LogP contribution in [0.1, 0.15) is 25.7 Å². The Bertz CT molecular complexity index is 550. The van der Waals surface area contributed by atoms with Gasteiger partial charge in [-0.15, -0.1) is 0 Å². The number of hydrogen-bond acceptors (Lipinski definition) is 4. The van der Waals surface area contributed by atoms with Gasteiger partial charge in [0.15, 0.2) is 0 Å². The van der Waals surface area contributed by atoms with Crippen LogP contribution >= 0.6 is 22.6 Å². The molecule has 2 rings (SSSR count). The standard InChI is InChI=1S/C14H17IN2O4/c15-11-4-5-12(13(8-11)17(20)21)16-7-1-2-10(9-16)3-6-14(18)19/h4-5,8,10H,1-3,6-7,9H2,(H,18,19). The molecule has 0 saturated carbocycles. The van der Waals surface area contributed by atoms with Crippen LogP contribution in [-0.2, 0) is 4.79 Å². The van der Waals surface area contributed by atoms with Crippen LogP contribution in [0.5, 0.6) is 0 Å². The van der Waals surface area contributed by atoms with E-state index in [1.807, 2.05) is 11.0 Å². The van der Waals surface area contributed by atoms with Crippen LogP contribution in [0.4, 0.5) is 11.4 Å². The van der Waals surface area contributed by atoms with E-state index in [0.717, 1.165) is 23.0 Å². The van der Waals surface area contributed by atoms with Gasteiger partial charge in [0.1, 0.15) is 5.69 Å². The molecule has 0 spiro atoms. The summed E-state index contributed by atoms with van der Waals surface area (Å²) < 4.78 is 0.836. The summed E-state index contributed by atoms with van der Waals surface area (Å²) >= 11 is 2.06. The zero-order valence-corrected chi connectivity index (χ0v) is 13.7. The molecule has 0 amide bonds. The number of aliphatic carboxylic acids is 1. The smallest absolute Gasteiger partial charge is 0.303 e. The summed E-state index contributed by atoms with van der Waals surface area (Å²) in [5.74, 6) is -0.499. The zero-order chi connectivity index (χ0) is 15.4. The van der Waals surface area contributed by atoms with Crippen molar-refractivity contribution in [3.05, 3.63) is 31.9 Å². The lowest BCUT2D eigenvalue weighted by atomic mass is 9.93. The predicted molar refractivity (Wildman–Crippen MR) is 87.6 cm³/mol. The maximum atomic E-state index is 11.2. The lowest BCUT2D eigenvalue weighted by molar-refractivity contribution is -0.384. The van der Waals surface area contributed by atoms with E-state index in [1.54, 1.807) is 12.1 Å². The van der Waals surface area contributed by atoms with Crippen LogP contribution < -0.4 is 4.90 Å². The minimum absolute atomic E-state index is 0.126. The topological polar surface area (TPSA) is 83.7 Å². The van der Waals surface area contributed by atoms with E-state index in [9.17, 15) is 14.9 Å². The number of nitro benzene ring substituents is 1. The van der Waals surface area contributed by atoms with E-state index in [4.69, 9.17) is 5.11 Å². The highest BCUT2D eigenvalue weighted by Crippen LogP contribution is 2.33. The molecule has 1 saturated heterocycles. The Morgan fingerprint density at radius 2 is 2.29 bits per heavy atom. The zero-order valence-electron chi connectivity index (χ0n) is 11.5. The maximum Gasteiger partial charge on any atom is 0.303 e. The number of benzene rings is 1. The Balaban J connectivity index is 2.14. The first-order chi connectivity index (χ1) is 9.97. The minimum Gasteiger partial charge on any atom is -0.481 e. The Morgan fingerprint density at radius 3 is 2.95 bits per heavy atom. The van der Waals surface area contributed by atoms with Crippen LogP contribution in [0.2, 0.25) is 0 Å². The van der Waals surface area contributed by atoms with E-state index in [-0.39, 0.29) is 22.9 Å². The average Bonchev–Trinajstić information content (AvgIpc) is 2.45. The number of rotatable bonds is 5. The van der Waals surface area contributed by atoms with Crippen molar-refractivity contribution in [2.24, 2.45) is 5.92 Å². The van der Waals surface area contributed by atoms with Gasteiger partial charge in [0.2, 0.25) is 0 Å². The molecule has 1 aliphatic heterocycles. The first-order valence-electron chi connectivity index (χ1n) is 6.88. The second-order valence-electron chi connectivity index (χ2n) is 5.28. The first kappa shape index (κ1) is 16.0. The van der Waals surface area contributed by atoms with Gasteiger partial charge in [0.25, 0.3) is 5.69 Å². The molecule has 7 heteroatoms. The molecule has 0 bridgehead atoms. The molecule has 1 atom stereocenters. The third kappa shape index (κ3) is 4.29. The molecule has 1 aromatic rings. The second kappa shape index (κ2) is 7.06. The molecule has 6 nitrogen and oxygen atoms in total. The van der Waals surface area contributed by atoms with E-state index >= 15 is 0 Å². The van der Waals surface area contributed by atoms with E-state index in [1.165, 1.54) is 0 Å². The number of carboxylic acids is 1. The van der Waals surface area contributed by atoms with Gasteiger partial charge in [-0.1, -0.05) is 0 Å². The third-order valence-corrected chi connectivity index (χ3v) is 4.43. The molecule has 1 aliphatic rings. The molecule has 0 aromatic heterocycles. The Morgan fingerprint density at radius 1 is 1.52 bits per heavy atom. The van der Waals surface area contributed by atoms with Crippen molar-refractivity contribution in [1.29, 1.82) is 0 Å². The highest BCUT2D eigenvalue weighted by Gasteiger charge is 2.25. The highest BCUT2D eigenvalue weighted by molar-refractivity contribution is 14.1. The number of carboxylic acid groups (broad SMARTS) is 1. The number of nitrogens with zero attached hydrogens (tertiary/aromatic N) is 2. The van der Waals surface area contributed by atoms with Gasteiger partial charge in [-0.3, -0.25) is 14.9 Å². The summed E-state index contributed by atoms with van der Waals surface area (Å²) in [5.41, 5.74) is 0.765. The van der Waals surface area contributed by atoms with Crippen molar-refractivity contribution in [3.8, 4) is 0 Å². The number of hydrogen-bond donors (Lipinski definition) is 1. The predicted octanol–water partition coefficient (Wildman–Crippen LogP) is 3.28. The maximum absolute atomic E-state index is 11.2. The van der Waals surface area contributed by atoms with Crippen molar-refractivity contribution >= 4 is 39.9 Å². The summed E-state index contributed by atoms with van der Waals surface area (Å²) in [5, 5.41) is 20.0. The summed E-state index contributed by atoms with van der Waals surface area (Å²) in [7, 11) is 0. The summed E-state index contributed by atoms with van der Waals surface area (Å²) in [6.07, 6.45) is 2.71. The van der Waals surface area contributed by atoms with Crippen LogP contribution in [-0.4, -0.2) is 29.1 Å². The van der Waals surface area contributed by atoms with Crippen molar-refractivity contribution < 1.29 is 14.8 Å². The average molecular weight is 404 g/mol. The molecule has 1 aromatic carbocycles. The number of nitro groups is 1. The minimum atomic E-state index is -0.785. The first-order valence-corrected chi connectivity index (χ1v) is 7.96. The quantitative estimate of drug-likeness (QED) is 0.463. The largest absolute Gasteiger partial charge is 0.481 e. The Kier molecular flexibility index (Phi) is 5.38. The number of halogens is 1. The summed E-state index contributed by atoms with van der Waals surface area (Å²) in [6.45, 7) is 1.47. The molecule has 1 heterocycles. The Labute approximate surface area is 136 Å². The summed E-state index contributed by atoms with van der Waals surface area (Å²) in [4.78, 5) is 23.6. The molecule has 21 heavy (non-hydrogen) atoms. The van der Waals surface area contributed by atoms with Gasteiger partial charge in [-0.2, -0.15) is 0 Å². The van der Waals surface area contributed by atoms with Crippen LogP contribution in [0.3, 0.4) is 0 Å². The molecule has 0 radical (unpaired) electrons. The molecule has 1 N–H and O–H groups in total. The van der Waals surface area contributed by atoms with Gasteiger partial charge in [-0.05, 0) is 59.9 Å². The van der Waals surface area contributed by atoms with Crippen molar-refractivity contribution in [2.75, 3.05) is 18.0 Å². The van der Waals surface area contributed by atoms with Gasteiger partial charge in [-0.25, -0.2) is 0 Å².